The molecule has 2 heterocycles. The number of hydrogen-bond acceptors (Lipinski definition) is 3. The summed E-state index contributed by atoms with van der Waals surface area (Å²) in [6.45, 7) is 8.93. The van der Waals surface area contributed by atoms with E-state index in [1.165, 1.54) is 38.8 Å². The van der Waals surface area contributed by atoms with E-state index < -0.39 is 0 Å². The van der Waals surface area contributed by atoms with Gasteiger partial charge in [-0.3, -0.25) is 0 Å². The number of nitrogens with two attached hydrogens (primary N) is 1. The molecule has 0 radical (unpaired) electrons. The van der Waals surface area contributed by atoms with Crippen LogP contribution in [0.4, 0.5) is 0 Å². The van der Waals surface area contributed by atoms with Crippen LogP contribution in [0.3, 0.4) is 0 Å². The molecule has 0 aromatic heterocycles. The molecule has 2 aliphatic rings. The van der Waals surface area contributed by atoms with E-state index in [9.17, 15) is 0 Å². The third-order valence-electron chi connectivity index (χ3n) is 4.58. The molecule has 0 aromatic carbocycles. The Hall–Kier alpha value is -0.120. The van der Waals surface area contributed by atoms with E-state index in [4.69, 9.17) is 10.5 Å². The molecule has 2 N–H and O–H groups in total. The van der Waals surface area contributed by atoms with Crippen LogP contribution in [-0.2, 0) is 4.74 Å². The van der Waals surface area contributed by atoms with Gasteiger partial charge in [0.15, 0.2) is 0 Å². The summed E-state index contributed by atoms with van der Waals surface area (Å²) in [4.78, 5) is 2.60. The van der Waals surface area contributed by atoms with Gasteiger partial charge in [-0.25, -0.2) is 0 Å². The fourth-order valence-corrected chi connectivity index (χ4v) is 3.40. The van der Waals surface area contributed by atoms with Crippen molar-refractivity contribution in [1.29, 1.82) is 0 Å². The van der Waals surface area contributed by atoms with Crippen molar-refractivity contribution in [2.75, 3.05) is 26.2 Å². The first kappa shape index (κ1) is 13.3. The van der Waals surface area contributed by atoms with E-state index in [0.717, 1.165) is 24.9 Å². The SMILES string of the molecule is CCC1CN(CC2CCC(C)O2)CCC1CN. The zero-order chi connectivity index (χ0) is 12.3. The summed E-state index contributed by atoms with van der Waals surface area (Å²) < 4.78 is 5.92. The van der Waals surface area contributed by atoms with Crippen molar-refractivity contribution < 1.29 is 4.74 Å². The molecule has 0 spiro atoms. The fourth-order valence-electron chi connectivity index (χ4n) is 3.40. The standard InChI is InChI=1S/C14H28N2O/c1-3-12-9-16(7-6-13(12)8-15)10-14-5-4-11(2)17-14/h11-14H,3-10,15H2,1-2H3. The van der Waals surface area contributed by atoms with E-state index in [-0.39, 0.29) is 0 Å². The van der Waals surface area contributed by atoms with Crippen LogP contribution in [0.1, 0.15) is 39.5 Å². The van der Waals surface area contributed by atoms with Gasteiger partial charge in [-0.15, -0.1) is 0 Å². The summed E-state index contributed by atoms with van der Waals surface area (Å²) in [5.74, 6) is 1.55. The van der Waals surface area contributed by atoms with Crippen LogP contribution in [0, 0.1) is 11.8 Å². The van der Waals surface area contributed by atoms with Crippen LogP contribution in [0.2, 0.25) is 0 Å². The predicted octanol–water partition coefficient (Wildman–Crippen LogP) is 1.86. The van der Waals surface area contributed by atoms with Crippen molar-refractivity contribution in [1.82, 2.24) is 4.90 Å². The molecular weight excluding hydrogens is 212 g/mol. The lowest BCUT2D eigenvalue weighted by Gasteiger charge is -2.38. The van der Waals surface area contributed by atoms with E-state index >= 15 is 0 Å². The van der Waals surface area contributed by atoms with Crippen molar-refractivity contribution in [3.05, 3.63) is 0 Å². The van der Waals surface area contributed by atoms with Gasteiger partial charge in [0.05, 0.1) is 12.2 Å². The van der Waals surface area contributed by atoms with Crippen LogP contribution in [-0.4, -0.2) is 43.3 Å². The van der Waals surface area contributed by atoms with Crippen LogP contribution in [0.15, 0.2) is 0 Å². The van der Waals surface area contributed by atoms with Gasteiger partial charge < -0.3 is 15.4 Å². The monoisotopic (exact) mass is 240 g/mol. The maximum absolute atomic E-state index is 5.92. The molecule has 2 rings (SSSR count). The molecule has 4 unspecified atom stereocenters. The first-order valence-corrected chi connectivity index (χ1v) is 7.30. The maximum atomic E-state index is 5.92. The molecule has 0 aromatic rings. The number of piperidine rings is 1. The average Bonchev–Trinajstić information content (AvgIpc) is 2.74. The van der Waals surface area contributed by atoms with Gasteiger partial charge in [0.2, 0.25) is 0 Å². The first-order valence-electron chi connectivity index (χ1n) is 7.30. The van der Waals surface area contributed by atoms with Gasteiger partial charge in [0.1, 0.15) is 0 Å². The molecule has 3 nitrogen and oxygen atoms in total. The second-order valence-electron chi connectivity index (χ2n) is 5.86. The molecule has 0 saturated carbocycles. The Morgan fingerprint density at radius 1 is 1.24 bits per heavy atom. The second kappa shape index (κ2) is 6.17. The normalized spacial score (nSPS) is 39.7. The minimum Gasteiger partial charge on any atom is -0.374 e. The smallest absolute Gasteiger partial charge is 0.0706 e. The van der Waals surface area contributed by atoms with E-state index in [0.29, 0.717) is 12.2 Å². The molecule has 2 aliphatic heterocycles. The van der Waals surface area contributed by atoms with E-state index in [1.807, 2.05) is 0 Å². The summed E-state index contributed by atoms with van der Waals surface area (Å²) in [7, 11) is 0. The highest BCUT2D eigenvalue weighted by atomic mass is 16.5. The van der Waals surface area contributed by atoms with Gasteiger partial charge in [-0.2, -0.15) is 0 Å². The largest absolute Gasteiger partial charge is 0.374 e. The van der Waals surface area contributed by atoms with Crippen molar-refractivity contribution in [2.24, 2.45) is 17.6 Å². The Labute approximate surface area is 106 Å². The van der Waals surface area contributed by atoms with Gasteiger partial charge in [0.25, 0.3) is 0 Å². The maximum Gasteiger partial charge on any atom is 0.0706 e. The quantitative estimate of drug-likeness (QED) is 0.815. The van der Waals surface area contributed by atoms with Gasteiger partial charge in [0, 0.05) is 13.1 Å². The molecule has 0 bridgehead atoms. The summed E-state index contributed by atoms with van der Waals surface area (Å²) >= 11 is 0. The van der Waals surface area contributed by atoms with E-state index in [2.05, 4.69) is 18.7 Å². The lowest BCUT2D eigenvalue weighted by molar-refractivity contribution is 0.0143. The Bertz CT molecular complexity index is 232. The van der Waals surface area contributed by atoms with Crippen LogP contribution < -0.4 is 5.73 Å². The lowest BCUT2D eigenvalue weighted by Crippen LogP contribution is -2.45. The minimum atomic E-state index is 0.476. The molecule has 0 aliphatic carbocycles. The summed E-state index contributed by atoms with van der Waals surface area (Å²) in [5.41, 5.74) is 5.85. The topological polar surface area (TPSA) is 38.5 Å². The third kappa shape index (κ3) is 3.43. The molecule has 0 amide bonds. The van der Waals surface area contributed by atoms with Crippen LogP contribution in [0.25, 0.3) is 0 Å². The Morgan fingerprint density at radius 3 is 2.65 bits per heavy atom. The van der Waals surface area contributed by atoms with E-state index in [1.54, 1.807) is 0 Å². The van der Waals surface area contributed by atoms with Crippen molar-refractivity contribution in [2.45, 2.75) is 51.7 Å². The van der Waals surface area contributed by atoms with Crippen molar-refractivity contribution in [3.63, 3.8) is 0 Å². The van der Waals surface area contributed by atoms with Crippen molar-refractivity contribution in [3.8, 4) is 0 Å². The summed E-state index contributed by atoms with van der Waals surface area (Å²) in [5, 5.41) is 0. The number of ether oxygens (including phenoxy) is 1. The van der Waals surface area contributed by atoms with Crippen LogP contribution in [0.5, 0.6) is 0 Å². The zero-order valence-corrected chi connectivity index (χ0v) is 11.4. The van der Waals surface area contributed by atoms with Gasteiger partial charge in [-0.05, 0) is 51.1 Å². The lowest BCUT2D eigenvalue weighted by atomic mass is 9.83. The zero-order valence-electron chi connectivity index (χ0n) is 11.4. The molecule has 100 valence electrons. The number of rotatable bonds is 4. The highest BCUT2D eigenvalue weighted by Crippen LogP contribution is 2.27. The Morgan fingerprint density at radius 2 is 2.06 bits per heavy atom. The highest BCUT2D eigenvalue weighted by Gasteiger charge is 2.30. The molecule has 2 saturated heterocycles. The van der Waals surface area contributed by atoms with Gasteiger partial charge >= 0.3 is 0 Å². The molecule has 4 atom stereocenters. The first-order chi connectivity index (χ1) is 8.22. The minimum absolute atomic E-state index is 0.476. The van der Waals surface area contributed by atoms with Crippen LogP contribution >= 0.6 is 0 Å². The number of likely N-dealkylation sites (tertiary alicyclic amines) is 1. The Kier molecular flexibility index (Phi) is 4.83. The molecule has 2 fully saturated rings. The summed E-state index contributed by atoms with van der Waals surface area (Å²) in [6.07, 6.45) is 5.98. The second-order valence-corrected chi connectivity index (χ2v) is 5.86. The third-order valence-corrected chi connectivity index (χ3v) is 4.58. The molecule has 17 heavy (non-hydrogen) atoms. The number of hydrogen-bond donors (Lipinski definition) is 1. The molecular formula is C14H28N2O. The fraction of sp³-hybridized carbons (Fsp3) is 1.00. The van der Waals surface area contributed by atoms with Crippen molar-refractivity contribution >= 4 is 0 Å². The van der Waals surface area contributed by atoms with Gasteiger partial charge in [-0.1, -0.05) is 13.3 Å². The molecule has 3 heteroatoms. The highest BCUT2D eigenvalue weighted by molar-refractivity contribution is 4.83. The predicted molar refractivity (Wildman–Crippen MR) is 71.0 cm³/mol. The number of nitrogens with zero attached hydrogens (tertiary/aromatic N) is 1. The summed E-state index contributed by atoms with van der Waals surface area (Å²) in [6, 6.07) is 0. The average molecular weight is 240 g/mol. The Balaban J connectivity index is 1.79.